The lowest BCUT2D eigenvalue weighted by Gasteiger charge is -2.27. The van der Waals surface area contributed by atoms with E-state index in [1.165, 1.54) is 0 Å². The van der Waals surface area contributed by atoms with E-state index in [1.807, 2.05) is 30.3 Å². The molecule has 2 aliphatic heterocycles. The van der Waals surface area contributed by atoms with Crippen molar-refractivity contribution in [3.63, 3.8) is 0 Å². The molecular weight excluding hydrogens is 226 g/mol. The van der Waals surface area contributed by atoms with E-state index < -0.39 is 0 Å². The Hall–Kier alpha value is -1.53. The summed E-state index contributed by atoms with van der Waals surface area (Å²) in [6.45, 7) is 0.587. The number of rotatable bonds is 4. The van der Waals surface area contributed by atoms with E-state index in [2.05, 4.69) is 6.07 Å². The van der Waals surface area contributed by atoms with E-state index in [-0.39, 0.29) is 11.5 Å². The van der Waals surface area contributed by atoms with Crippen LogP contribution in [-0.2, 0) is 4.74 Å². The monoisotopic (exact) mass is 243 g/mol. The molecule has 3 nitrogen and oxygen atoms in total. The van der Waals surface area contributed by atoms with Gasteiger partial charge in [-0.2, -0.15) is 5.26 Å². The number of fused-ring (bicyclic) bond motifs is 2. The molecule has 1 aromatic carbocycles. The SMILES string of the molecule is N#CC1(CCOc2ccccc2)CC2CCC1O2. The number of nitrogens with zero attached hydrogens (tertiary/aromatic N) is 1. The van der Waals surface area contributed by atoms with Gasteiger partial charge < -0.3 is 9.47 Å². The summed E-state index contributed by atoms with van der Waals surface area (Å²) in [6, 6.07) is 12.2. The Morgan fingerprint density at radius 3 is 2.78 bits per heavy atom. The molecule has 0 spiro atoms. The molecule has 1 aromatic rings. The van der Waals surface area contributed by atoms with Crippen LogP contribution in [0.2, 0.25) is 0 Å². The minimum absolute atomic E-state index is 0.131. The van der Waals surface area contributed by atoms with Crippen LogP contribution in [0.25, 0.3) is 0 Å². The van der Waals surface area contributed by atoms with Gasteiger partial charge in [0.1, 0.15) is 5.75 Å². The summed E-state index contributed by atoms with van der Waals surface area (Å²) in [4.78, 5) is 0. The van der Waals surface area contributed by atoms with Crippen molar-refractivity contribution in [2.75, 3.05) is 6.61 Å². The Bertz CT molecular complexity index is 453. The van der Waals surface area contributed by atoms with Crippen LogP contribution in [0.3, 0.4) is 0 Å². The Labute approximate surface area is 107 Å². The summed E-state index contributed by atoms with van der Waals surface area (Å²) in [5.41, 5.74) is -0.308. The lowest BCUT2D eigenvalue weighted by Crippen LogP contribution is -2.32. The zero-order chi connectivity index (χ0) is 12.4. The smallest absolute Gasteiger partial charge is 0.119 e. The van der Waals surface area contributed by atoms with E-state index in [1.54, 1.807) is 0 Å². The first-order chi connectivity index (χ1) is 8.82. The molecule has 3 atom stereocenters. The zero-order valence-electron chi connectivity index (χ0n) is 10.3. The minimum atomic E-state index is -0.308. The zero-order valence-corrected chi connectivity index (χ0v) is 10.3. The van der Waals surface area contributed by atoms with Gasteiger partial charge in [0.2, 0.25) is 0 Å². The van der Waals surface area contributed by atoms with Crippen molar-refractivity contribution in [2.45, 2.75) is 37.9 Å². The van der Waals surface area contributed by atoms with Gasteiger partial charge in [-0.3, -0.25) is 0 Å². The van der Waals surface area contributed by atoms with Crippen molar-refractivity contribution < 1.29 is 9.47 Å². The topological polar surface area (TPSA) is 42.2 Å². The highest BCUT2D eigenvalue weighted by molar-refractivity contribution is 5.21. The van der Waals surface area contributed by atoms with Crippen LogP contribution in [0.4, 0.5) is 0 Å². The van der Waals surface area contributed by atoms with Crippen molar-refractivity contribution in [3.05, 3.63) is 30.3 Å². The number of para-hydroxylation sites is 1. The molecule has 18 heavy (non-hydrogen) atoms. The summed E-state index contributed by atoms with van der Waals surface area (Å²) in [5, 5.41) is 9.45. The minimum Gasteiger partial charge on any atom is -0.494 e. The van der Waals surface area contributed by atoms with Crippen molar-refractivity contribution in [1.82, 2.24) is 0 Å². The molecule has 0 amide bonds. The average Bonchev–Trinajstić information content (AvgIpc) is 3.01. The molecule has 2 aliphatic rings. The van der Waals surface area contributed by atoms with Gasteiger partial charge in [0.25, 0.3) is 0 Å². The molecular formula is C15H17NO2. The molecule has 3 unspecified atom stereocenters. The first-order valence-electron chi connectivity index (χ1n) is 6.57. The first-order valence-corrected chi connectivity index (χ1v) is 6.57. The number of benzene rings is 1. The lowest BCUT2D eigenvalue weighted by atomic mass is 9.73. The molecule has 94 valence electrons. The van der Waals surface area contributed by atoms with Crippen LogP contribution in [-0.4, -0.2) is 18.8 Å². The van der Waals surface area contributed by atoms with Crippen LogP contribution < -0.4 is 4.74 Å². The van der Waals surface area contributed by atoms with E-state index in [9.17, 15) is 5.26 Å². The van der Waals surface area contributed by atoms with Gasteiger partial charge in [-0.15, -0.1) is 0 Å². The predicted molar refractivity (Wildman–Crippen MR) is 67.1 cm³/mol. The maximum absolute atomic E-state index is 9.45. The van der Waals surface area contributed by atoms with Gasteiger partial charge in [-0.1, -0.05) is 18.2 Å². The molecule has 2 fully saturated rings. The molecule has 0 aromatic heterocycles. The summed E-state index contributed by atoms with van der Waals surface area (Å²) < 4.78 is 11.5. The highest BCUT2D eigenvalue weighted by atomic mass is 16.5. The van der Waals surface area contributed by atoms with Crippen LogP contribution in [0.1, 0.15) is 25.7 Å². The number of ether oxygens (including phenoxy) is 2. The highest BCUT2D eigenvalue weighted by Gasteiger charge is 2.52. The quantitative estimate of drug-likeness (QED) is 0.816. The number of hydrogen-bond donors (Lipinski definition) is 0. The van der Waals surface area contributed by atoms with Gasteiger partial charge in [0.15, 0.2) is 0 Å². The third-order valence-electron chi connectivity index (χ3n) is 4.10. The largest absolute Gasteiger partial charge is 0.494 e. The van der Waals surface area contributed by atoms with Gasteiger partial charge in [-0.05, 0) is 31.4 Å². The highest BCUT2D eigenvalue weighted by Crippen LogP contribution is 2.49. The van der Waals surface area contributed by atoms with Crippen LogP contribution in [0, 0.1) is 16.7 Å². The Morgan fingerprint density at radius 2 is 2.17 bits per heavy atom. The normalized spacial score (nSPS) is 33.3. The van der Waals surface area contributed by atoms with Crippen LogP contribution in [0.15, 0.2) is 30.3 Å². The maximum atomic E-state index is 9.45. The van der Waals surface area contributed by atoms with Crippen molar-refractivity contribution in [1.29, 1.82) is 5.26 Å². The molecule has 2 heterocycles. The second-order valence-corrected chi connectivity index (χ2v) is 5.21. The molecule has 3 rings (SSSR count). The fraction of sp³-hybridized carbons (Fsp3) is 0.533. The number of nitriles is 1. The lowest BCUT2D eigenvalue weighted by molar-refractivity contribution is 0.0714. The van der Waals surface area contributed by atoms with Gasteiger partial charge in [-0.25, -0.2) is 0 Å². The second-order valence-electron chi connectivity index (χ2n) is 5.21. The van der Waals surface area contributed by atoms with Crippen molar-refractivity contribution >= 4 is 0 Å². The molecule has 2 bridgehead atoms. The van der Waals surface area contributed by atoms with E-state index in [0.29, 0.717) is 12.7 Å². The molecule has 2 saturated heterocycles. The fourth-order valence-electron chi connectivity index (χ4n) is 3.10. The number of hydrogen-bond acceptors (Lipinski definition) is 3. The van der Waals surface area contributed by atoms with Crippen LogP contribution in [0.5, 0.6) is 5.75 Å². The first kappa shape index (κ1) is 11.6. The van der Waals surface area contributed by atoms with Gasteiger partial charge in [0, 0.05) is 6.42 Å². The van der Waals surface area contributed by atoms with Gasteiger partial charge in [0.05, 0.1) is 30.3 Å². The Kier molecular flexibility index (Phi) is 2.97. The van der Waals surface area contributed by atoms with E-state index in [4.69, 9.17) is 9.47 Å². The van der Waals surface area contributed by atoms with Gasteiger partial charge >= 0.3 is 0 Å². The molecule has 0 N–H and O–H groups in total. The Balaban J connectivity index is 1.58. The summed E-state index contributed by atoms with van der Waals surface area (Å²) in [6.07, 6.45) is 4.24. The summed E-state index contributed by atoms with van der Waals surface area (Å²) in [7, 11) is 0. The molecule has 0 saturated carbocycles. The molecule has 0 radical (unpaired) electrons. The van der Waals surface area contributed by atoms with E-state index in [0.717, 1.165) is 31.4 Å². The Morgan fingerprint density at radius 1 is 1.33 bits per heavy atom. The molecule has 0 aliphatic carbocycles. The summed E-state index contributed by atoms with van der Waals surface area (Å²) in [5.74, 6) is 0.870. The van der Waals surface area contributed by atoms with Crippen molar-refractivity contribution in [2.24, 2.45) is 5.41 Å². The fourth-order valence-corrected chi connectivity index (χ4v) is 3.10. The van der Waals surface area contributed by atoms with E-state index >= 15 is 0 Å². The second kappa shape index (κ2) is 4.62. The summed E-state index contributed by atoms with van der Waals surface area (Å²) >= 11 is 0. The molecule has 3 heteroatoms. The average molecular weight is 243 g/mol. The third kappa shape index (κ3) is 1.97. The third-order valence-corrected chi connectivity index (χ3v) is 4.10. The van der Waals surface area contributed by atoms with Crippen molar-refractivity contribution in [3.8, 4) is 11.8 Å². The standard InChI is InChI=1S/C15H17NO2/c16-11-15(10-13-6-7-14(15)18-13)8-9-17-12-4-2-1-3-5-12/h1-5,13-14H,6-10H2. The maximum Gasteiger partial charge on any atom is 0.119 e. The predicted octanol–water partition coefficient (Wildman–Crippen LogP) is 2.92. The van der Waals surface area contributed by atoms with Crippen LogP contribution >= 0.6 is 0 Å².